The summed E-state index contributed by atoms with van der Waals surface area (Å²) in [5.41, 5.74) is 5.61. The second kappa shape index (κ2) is 6.56. The second-order valence-corrected chi connectivity index (χ2v) is 5.54. The summed E-state index contributed by atoms with van der Waals surface area (Å²) < 4.78 is 0. The van der Waals surface area contributed by atoms with Crippen LogP contribution in [-0.2, 0) is 4.79 Å². The van der Waals surface area contributed by atoms with Crippen LogP contribution in [0, 0.1) is 0 Å². The van der Waals surface area contributed by atoms with Crippen molar-refractivity contribution in [2.45, 2.75) is 45.2 Å². The van der Waals surface area contributed by atoms with Crippen molar-refractivity contribution < 1.29 is 9.59 Å². The Balaban J connectivity index is 2.03. The van der Waals surface area contributed by atoms with E-state index in [1.807, 2.05) is 11.8 Å². The fourth-order valence-electron chi connectivity index (χ4n) is 2.62. The van der Waals surface area contributed by atoms with E-state index < -0.39 is 5.91 Å². The number of carbonyl (C=O) groups is 2. The zero-order valence-corrected chi connectivity index (χ0v) is 12.5. The maximum atomic E-state index is 12.5. The van der Waals surface area contributed by atoms with E-state index in [9.17, 15) is 9.59 Å². The zero-order chi connectivity index (χ0) is 15.4. The van der Waals surface area contributed by atoms with Crippen molar-refractivity contribution in [3.63, 3.8) is 0 Å². The van der Waals surface area contributed by atoms with Gasteiger partial charge in [0.1, 0.15) is 11.9 Å². The highest BCUT2D eigenvalue weighted by Crippen LogP contribution is 2.18. The monoisotopic (exact) mass is 290 g/mol. The van der Waals surface area contributed by atoms with Crippen LogP contribution >= 0.6 is 0 Å². The third kappa shape index (κ3) is 3.71. The highest BCUT2D eigenvalue weighted by molar-refractivity contribution is 5.93. The number of primary amides is 1. The van der Waals surface area contributed by atoms with Gasteiger partial charge in [0, 0.05) is 24.3 Å². The Morgan fingerprint density at radius 2 is 2.24 bits per heavy atom. The van der Waals surface area contributed by atoms with Gasteiger partial charge in [0.15, 0.2) is 0 Å². The average Bonchev–Trinajstić information content (AvgIpc) is 2.47. The SMILES string of the molecule is C[C@@H](Nc1cc(C(N)=O)ccn1)C(=O)N1CCCC[C@@H]1C. The summed E-state index contributed by atoms with van der Waals surface area (Å²) in [4.78, 5) is 29.7. The van der Waals surface area contributed by atoms with Crippen LogP contribution in [0.4, 0.5) is 5.82 Å². The molecule has 0 saturated carbocycles. The van der Waals surface area contributed by atoms with Crippen LogP contribution in [0.1, 0.15) is 43.5 Å². The third-order valence-corrected chi connectivity index (χ3v) is 3.87. The number of nitrogens with one attached hydrogen (secondary N) is 1. The Morgan fingerprint density at radius 3 is 2.90 bits per heavy atom. The third-order valence-electron chi connectivity index (χ3n) is 3.87. The van der Waals surface area contributed by atoms with E-state index in [1.165, 1.54) is 12.6 Å². The topological polar surface area (TPSA) is 88.3 Å². The molecule has 2 amide bonds. The first-order valence-electron chi connectivity index (χ1n) is 7.32. The Morgan fingerprint density at radius 1 is 1.48 bits per heavy atom. The summed E-state index contributed by atoms with van der Waals surface area (Å²) >= 11 is 0. The molecule has 1 aliphatic rings. The van der Waals surface area contributed by atoms with Crippen LogP contribution in [-0.4, -0.2) is 40.3 Å². The van der Waals surface area contributed by atoms with E-state index in [1.54, 1.807) is 12.1 Å². The van der Waals surface area contributed by atoms with E-state index in [4.69, 9.17) is 5.73 Å². The number of rotatable bonds is 4. The molecule has 0 bridgehead atoms. The lowest BCUT2D eigenvalue weighted by atomic mass is 10.0. The molecule has 0 spiro atoms. The lowest BCUT2D eigenvalue weighted by Gasteiger charge is -2.35. The van der Waals surface area contributed by atoms with Crippen molar-refractivity contribution in [1.29, 1.82) is 0 Å². The molecule has 0 radical (unpaired) electrons. The standard InChI is InChI=1S/C15H22N4O2/c1-10-5-3-4-8-19(10)15(21)11(2)18-13-9-12(14(16)20)6-7-17-13/h6-7,9-11H,3-5,8H2,1-2H3,(H2,16,20)(H,17,18)/t10-,11+/m0/s1. The van der Waals surface area contributed by atoms with Crippen molar-refractivity contribution in [1.82, 2.24) is 9.88 Å². The maximum absolute atomic E-state index is 12.5. The molecular formula is C15H22N4O2. The normalized spacial score (nSPS) is 19.9. The molecule has 1 aliphatic heterocycles. The number of amides is 2. The number of nitrogens with two attached hydrogens (primary N) is 1. The van der Waals surface area contributed by atoms with E-state index in [2.05, 4.69) is 17.2 Å². The molecule has 6 heteroatoms. The number of piperidine rings is 1. The lowest BCUT2D eigenvalue weighted by molar-refractivity contribution is -0.134. The first-order chi connectivity index (χ1) is 9.99. The minimum absolute atomic E-state index is 0.0634. The van der Waals surface area contributed by atoms with E-state index in [0.29, 0.717) is 11.4 Å². The highest BCUT2D eigenvalue weighted by atomic mass is 16.2. The summed E-state index contributed by atoms with van der Waals surface area (Å²) in [6.07, 6.45) is 4.78. The van der Waals surface area contributed by atoms with Crippen molar-refractivity contribution in [3.05, 3.63) is 23.9 Å². The van der Waals surface area contributed by atoms with Crippen LogP contribution in [0.25, 0.3) is 0 Å². The Kier molecular flexibility index (Phi) is 4.77. The minimum atomic E-state index is -0.510. The van der Waals surface area contributed by atoms with E-state index in [-0.39, 0.29) is 18.0 Å². The Hall–Kier alpha value is -2.11. The van der Waals surface area contributed by atoms with Gasteiger partial charge >= 0.3 is 0 Å². The van der Waals surface area contributed by atoms with Gasteiger partial charge in [0.05, 0.1) is 0 Å². The first-order valence-corrected chi connectivity index (χ1v) is 7.32. The van der Waals surface area contributed by atoms with Gasteiger partial charge in [-0.05, 0) is 45.2 Å². The second-order valence-electron chi connectivity index (χ2n) is 5.54. The molecule has 1 aromatic heterocycles. The molecule has 0 unspecified atom stereocenters. The molecule has 0 aliphatic carbocycles. The molecule has 114 valence electrons. The van der Waals surface area contributed by atoms with Gasteiger partial charge in [0.2, 0.25) is 11.8 Å². The highest BCUT2D eigenvalue weighted by Gasteiger charge is 2.27. The number of aromatic nitrogens is 1. The molecule has 1 fully saturated rings. The molecule has 2 heterocycles. The van der Waals surface area contributed by atoms with Crippen molar-refractivity contribution in [3.8, 4) is 0 Å². The van der Waals surface area contributed by atoms with Gasteiger partial charge in [0.25, 0.3) is 0 Å². The molecule has 2 atom stereocenters. The molecule has 6 nitrogen and oxygen atoms in total. The summed E-state index contributed by atoms with van der Waals surface area (Å²) in [6, 6.07) is 3.00. The van der Waals surface area contributed by atoms with Crippen LogP contribution in [0.15, 0.2) is 18.3 Å². The number of pyridine rings is 1. The van der Waals surface area contributed by atoms with Crippen molar-refractivity contribution in [2.75, 3.05) is 11.9 Å². The van der Waals surface area contributed by atoms with Gasteiger partial charge in [-0.2, -0.15) is 0 Å². The van der Waals surface area contributed by atoms with Crippen LogP contribution in [0.5, 0.6) is 0 Å². The number of anilines is 1. The smallest absolute Gasteiger partial charge is 0.248 e. The van der Waals surface area contributed by atoms with Crippen LogP contribution < -0.4 is 11.1 Å². The summed E-state index contributed by atoms with van der Waals surface area (Å²) in [7, 11) is 0. The fraction of sp³-hybridized carbons (Fsp3) is 0.533. The van der Waals surface area contributed by atoms with Gasteiger partial charge in [-0.1, -0.05) is 0 Å². The largest absolute Gasteiger partial charge is 0.366 e. The molecule has 0 aromatic carbocycles. The first kappa shape index (κ1) is 15.3. The van der Waals surface area contributed by atoms with Gasteiger partial charge in [-0.25, -0.2) is 4.98 Å². The van der Waals surface area contributed by atoms with E-state index >= 15 is 0 Å². The molecule has 3 N–H and O–H groups in total. The molecule has 1 aromatic rings. The molecule has 21 heavy (non-hydrogen) atoms. The lowest BCUT2D eigenvalue weighted by Crippen LogP contribution is -2.48. The van der Waals surface area contributed by atoms with Gasteiger partial charge < -0.3 is 16.0 Å². The quantitative estimate of drug-likeness (QED) is 0.877. The molecule has 1 saturated heterocycles. The van der Waals surface area contributed by atoms with Gasteiger partial charge in [-0.3, -0.25) is 9.59 Å². The van der Waals surface area contributed by atoms with E-state index in [0.717, 1.165) is 19.4 Å². The van der Waals surface area contributed by atoms with Crippen LogP contribution in [0.3, 0.4) is 0 Å². The maximum Gasteiger partial charge on any atom is 0.248 e. The number of carbonyl (C=O) groups excluding carboxylic acids is 2. The number of nitrogens with zero attached hydrogens (tertiary/aromatic N) is 2. The molecule has 2 rings (SSSR count). The average molecular weight is 290 g/mol. The number of hydrogen-bond donors (Lipinski definition) is 2. The van der Waals surface area contributed by atoms with Crippen molar-refractivity contribution >= 4 is 17.6 Å². The fourth-order valence-corrected chi connectivity index (χ4v) is 2.62. The number of hydrogen-bond acceptors (Lipinski definition) is 4. The molecular weight excluding hydrogens is 268 g/mol. The minimum Gasteiger partial charge on any atom is -0.366 e. The summed E-state index contributed by atoms with van der Waals surface area (Å²) in [6.45, 7) is 4.69. The summed E-state index contributed by atoms with van der Waals surface area (Å²) in [5.74, 6) is 0.0365. The Labute approximate surface area is 124 Å². The predicted octanol–water partition coefficient (Wildman–Crippen LogP) is 1.38. The number of likely N-dealkylation sites (tertiary alicyclic amines) is 1. The predicted molar refractivity (Wildman–Crippen MR) is 80.9 cm³/mol. The van der Waals surface area contributed by atoms with Crippen molar-refractivity contribution in [2.24, 2.45) is 5.73 Å². The summed E-state index contributed by atoms with van der Waals surface area (Å²) in [5, 5.41) is 3.04. The van der Waals surface area contributed by atoms with Crippen LogP contribution in [0.2, 0.25) is 0 Å². The Bertz CT molecular complexity index is 532. The zero-order valence-electron chi connectivity index (χ0n) is 12.5. The van der Waals surface area contributed by atoms with Gasteiger partial charge in [-0.15, -0.1) is 0 Å².